The van der Waals surface area contributed by atoms with Gasteiger partial charge in [-0.2, -0.15) is 13.9 Å². The largest absolute Gasteiger partial charge is 0.482 e. The second kappa shape index (κ2) is 7.63. The maximum Gasteiger partial charge on any atom is 0.333 e. The predicted octanol–water partition coefficient (Wildman–Crippen LogP) is 5.54. The van der Waals surface area contributed by atoms with Crippen LogP contribution in [0.1, 0.15) is 40.6 Å². The van der Waals surface area contributed by atoms with E-state index in [-0.39, 0.29) is 17.3 Å². The quantitative estimate of drug-likeness (QED) is 0.406. The fourth-order valence-corrected chi connectivity index (χ4v) is 4.96. The molecule has 1 aliphatic heterocycles. The van der Waals surface area contributed by atoms with Crippen LogP contribution in [0.15, 0.2) is 36.7 Å². The third-order valence-electron chi connectivity index (χ3n) is 5.38. The van der Waals surface area contributed by atoms with Gasteiger partial charge in [0.25, 0.3) is 0 Å². The van der Waals surface area contributed by atoms with E-state index in [1.807, 2.05) is 6.92 Å². The lowest BCUT2D eigenvalue weighted by Crippen LogP contribution is -2.10. The molecule has 2 N–H and O–H groups in total. The Kier molecular flexibility index (Phi) is 4.89. The Bertz CT molecular complexity index is 1330. The Morgan fingerprint density at radius 3 is 2.84 bits per heavy atom. The molecule has 0 aliphatic carbocycles. The van der Waals surface area contributed by atoms with Crippen molar-refractivity contribution in [3.05, 3.63) is 63.5 Å². The van der Waals surface area contributed by atoms with Gasteiger partial charge in [0.05, 0.1) is 22.6 Å². The van der Waals surface area contributed by atoms with Crippen LogP contribution >= 0.6 is 11.3 Å². The highest BCUT2D eigenvalue weighted by atomic mass is 32.1. The van der Waals surface area contributed by atoms with E-state index in [0.29, 0.717) is 39.1 Å². The average molecular weight is 457 g/mol. The van der Waals surface area contributed by atoms with E-state index in [1.165, 1.54) is 35.9 Å². The van der Waals surface area contributed by atoms with E-state index in [9.17, 15) is 13.2 Å². The molecule has 1 aromatic carbocycles. The Morgan fingerprint density at radius 2 is 2.06 bits per heavy atom. The Hall–Kier alpha value is -3.40. The van der Waals surface area contributed by atoms with Crippen LogP contribution in [0.2, 0.25) is 0 Å². The topological polar surface area (TPSA) is 78.9 Å². The number of halogens is 3. The van der Waals surface area contributed by atoms with E-state index >= 15 is 0 Å². The maximum absolute atomic E-state index is 14.2. The van der Waals surface area contributed by atoms with Gasteiger partial charge in [0, 0.05) is 39.7 Å². The van der Waals surface area contributed by atoms with Crippen molar-refractivity contribution in [2.45, 2.75) is 32.9 Å². The summed E-state index contributed by atoms with van der Waals surface area (Å²) in [6.07, 6.45) is 2.57. The minimum atomic E-state index is -2.83. The van der Waals surface area contributed by atoms with Crippen molar-refractivity contribution in [2.75, 3.05) is 5.73 Å². The number of fused-ring (bicyclic) bond motifs is 7. The molecular weight excluding hydrogens is 439 g/mol. The summed E-state index contributed by atoms with van der Waals surface area (Å²) >= 11 is 1.46. The van der Waals surface area contributed by atoms with Gasteiger partial charge >= 0.3 is 6.55 Å². The summed E-state index contributed by atoms with van der Waals surface area (Å²) in [6.45, 7) is 0.804. The molecule has 5 rings (SSSR count). The van der Waals surface area contributed by atoms with Crippen LogP contribution in [-0.2, 0) is 6.42 Å². The number of pyridine rings is 1. The highest BCUT2D eigenvalue weighted by Crippen LogP contribution is 2.40. The summed E-state index contributed by atoms with van der Waals surface area (Å²) in [5, 5.41) is 4.72. The number of rotatable bonds is 1. The highest BCUT2D eigenvalue weighted by molar-refractivity contribution is 7.12. The minimum absolute atomic E-state index is 0.102. The fraction of sp³-hybridized carbons (Fsp3) is 0.227. The van der Waals surface area contributed by atoms with Crippen LogP contribution in [0, 0.1) is 12.7 Å². The molecule has 0 radical (unpaired) electrons. The van der Waals surface area contributed by atoms with Crippen molar-refractivity contribution in [3.8, 4) is 28.3 Å². The number of benzene rings is 1. The Labute approximate surface area is 185 Å². The van der Waals surface area contributed by atoms with Gasteiger partial charge in [-0.25, -0.2) is 19.0 Å². The molecule has 1 unspecified atom stereocenters. The lowest BCUT2D eigenvalue weighted by Gasteiger charge is -2.21. The molecule has 164 valence electrons. The van der Waals surface area contributed by atoms with E-state index in [2.05, 4.69) is 15.1 Å². The van der Waals surface area contributed by atoms with Crippen molar-refractivity contribution in [2.24, 2.45) is 0 Å². The summed E-state index contributed by atoms with van der Waals surface area (Å²) in [5.74, 6) is -0.0842. The van der Waals surface area contributed by atoms with Gasteiger partial charge in [-0.3, -0.25) is 0 Å². The first-order valence-electron chi connectivity index (χ1n) is 9.85. The molecule has 1 atom stereocenters. The van der Waals surface area contributed by atoms with Crippen molar-refractivity contribution < 1.29 is 17.9 Å². The van der Waals surface area contributed by atoms with Crippen LogP contribution in [0.3, 0.4) is 0 Å². The van der Waals surface area contributed by atoms with Gasteiger partial charge < -0.3 is 10.5 Å². The van der Waals surface area contributed by atoms with Crippen LogP contribution in [0.5, 0.6) is 5.75 Å². The van der Waals surface area contributed by atoms with E-state index in [1.54, 1.807) is 19.1 Å². The lowest BCUT2D eigenvalue weighted by atomic mass is 9.97. The lowest BCUT2D eigenvalue weighted by molar-refractivity contribution is 0.0584. The standard InChI is InChI=1S/C22H18F3N5OS/c1-10-16-7-14(23)3-4-15(16)19-18(32-11(2)29-19)6-13-9-28-30(22(24)25)20(13)12-5-17(31-10)21(26)27-8-12/h3-5,7-10,22H,6H2,1-2H3,(H2,26,27). The number of thiazole rings is 1. The van der Waals surface area contributed by atoms with Gasteiger partial charge in [-0.1, -0.05) is 0 Å². The molecule has 2 bridgehead atoms. The number of aryl methyl sites for hydroxylation is 1. The number of nitrogens with zero attached hydrogens (tertiary/aromatic N) is 4. The first-order chi connectivity index (χ1) is 15.3. The molecular formula is C22H18F3N5OS. The van der Waals surface area contributed by atoms with E-state index < -0.39 is 18.5 Å². The van der Waals surface area contributed by atoms with Gasteiger partial charge in [-0.05, 0) is 38.1 Å². The maximum atomic E-state index is 14.2. The van der Waals surface area contributed by atoms with E-state index in [0.717, 1.165) is 9.88 Å². The third-order valence-corrected chi connectivity index (χ3v) is 6.35. The fourth-order valence-electron chi connectivity index (χ4n) is 3.98. The van der Waals surface area contributed by atoms with Crippen LogP contribution in [0.4, 0.5) is 19.0 Å². The van der Waals surface area contributed by atoms with Crippen molar-refractivity contribution >= 4 is 17.2 Å². The molecule has 0 fully saturated rings. The zero-order valence-corrected chi connectivity index (χ0v) is 18.0. The average Bonchev–Trinajstić information content (AvgIpc) is 3.32. The summed E-state index contributed by atoms with van der Waals surface area (Å²) in [4.78, 5) is 9.68. The van der Waals surface area contributed by atoms with E-state index in [4.69, 9.17) is 10.5 Å². The number of aromatic nitrogens is 4. The monoisotopic (exact) mass is 457 g/mol. The zero-order valence-electron chi connectivity index (χ0n) is 17.1. The molecule has 3 aromatic heterocycles. The molecule has 0 saturated heterocycles. The van der Waals surface area contributed by atoms with Crippen LogP contribution in [-0.4, -0.2) is 19.7 Å². The first-order valence-corrected chi connectivity index (χ1v) is 10.7. The van der Waals surface area contributed by atoms with Gasteiger partial charge in [0.2, 0.25) is 0 Å². The molecule has 10 heteroatoms. The molecule has 4 heterocycles. The van der Waals surface area contributed by atoms with Crippen LogP contribution in [0.25, 0.3) is 22.5 Å². The smallest absolute Gasteiger partial charge is 0.333 e. The molecule has 0 amide bonds. The Balaban J connectivity index is 1.81. The summed E-state index contributed by atoms with van der Waals surface area (Å²) in [5.41, 5.74) is 9.22. The number of nitrogens with two attached hydrogens (primary N) is 1. The molecule has 6 nitrogen and oxygen atoms in total. The molecule has 0 saturated carbocycles. The second-order valence-corrected chi connectivity index (χ2v) is 8.81. The van der Waals surface area contributed by atoms with Gasteiger partial charge in [-0.15, -0.1) is 11.3 Å². The van der Waals surface area contributed by atoms with Crippen LogP contribution < -0.4 is 10.5 Å². The van der Waals surface area contributed by atoms with Crippen molar-refractivity contribution in [1.82, 2.24) is 19.7 Å². The SMILES string of the molecule is Cc1nc2c(s1)Cc1cnn(C(F)F)c1-c1cnc(N)c(c1)OC(C)c1cc(F)ccc1-2. The third kappa shape index (κ3) is 3.40. The number of nitrogen functional groups attached to an aromatic ring is 1. The summed E-state index contributed by atoms with van der Waals surface area (Å²) in [7, 11) is 0. The zero-order chi connectivity index (χ0) is 22.6. The minimum Gasteiger partial charge on any atom is -0.482 e. The highest BCUT2D eigenvalue weighted by Gasteiger charge is 2.26. The molecule has 32 heavy (non-hydrogen) atoms. The number of anilines is 1. The number of hydrogen-bond donors (Lipinski definition) is 1. The van der Waals surface area contributed by atoms with Crippen molar-refractivity contribution in [1.29, 1.82) is 0 Å². The summed E-state index contributed by atoms with van der Waals surface area (Å²) in [6, 6.07) is 6.01. The number of ether oxygens (including phenoxy) is 1. The van der Waals surface area contributed by atoms with Gasteiger partial charge in [0.15, 0.2) is 11.6 Å². The number of hydrogen-bond acceptors (Lipinski definition) is 6. The number of alkyl halides is 2. The summed E-state index contributed by atoms with van der Waals surface area (Å²) < 4.78 is 48.4. The Morgan fingerprint density at radius 1 is 1.25 bits per heavy atom. The first kappa shape index (κ1) is 20.5. The molecule has 0 spiro atoms. The normalized spacial score (nSPS) is 15.2. The van der Waals surface area contributed by atoms with Crippen molar-refractivity contribution in [3.63, 3.8) is 0 Å². The predicted molar refractivity (Wildman–Crippen MR) is 115 cm³/mol. The molecule has 1 aliphatic rings. The molecule has 4 aromatic rings. The van der Waals surface area contributed by atoms with Gasteiger partial charge in [0.1, 0.15) is 11.9 Å². The second-order valence-electron chi connectivity index (χ2n) is 7.52.